The summed E-state index contributed by atoms with van der Waals surface area (Å²) < 4.78 is 13.1. The van der Waals surface area contributed by atoms with Crippen molar-refractivity contribution in [3.8, 4) is 0 Å². The maximum Gasteiger partial charge on any atom is 0.259 e. The average Bonchev–Trinajstić information content (AvgIpc) is 2.89. The van der Waals surface area contributed by atoms with Crippen LogP contribution in [0.4, 0.5) is 26.4 Å². The number of nitrogens with zero attached hydrogens (tertiary/aromatic N) is 4. The second-order valence-corrected chi connectivity index (χ2v) is 11.2. The van der Waals surface area contributed by atoms with Crippen molar-refractivity contribution >= 4 is 29.2 Å². The second kappa shape index (κ2) is 11.1. The Morgan fingerprint density at radius 1 is 1.10 bits per heavy atom. The lowest BCUT2D eigenvalue weighted by Gasteiger charge is -2.55. The summed E-state index contributed by atoms with van der Waals surface area (Å²) in [6.45, 7) is 10.4. The molecule has 1 saturated heterocycles. The minimum atomic E-state index is -1.01. The number of halogens is 1. The van der Waals surface area contributed by atoms with Crippen molar-refractivity contribution in [1.29, 1.82) is 0 Å². The highest BCUT2D eigenvalue weighted by Gasteiger charge is 2.49. The smallest absolute Gasteiger partial charge is 0.259 e. The summed E-state index contributed by atoms with van der Waals surface area (Å²) in [5.41, 5.74) is 2.55. The molecule has 3 aromatic rings. The topological polar surface area (TPSA) is 88.6 Å². The highest BCUT2D eigenvalue weighted by molar-refractivity contribution is 6.05. The normalized spacial score (nSPS) is 19.9. The lowest BCUT2D eigenvalue weighted by molar-refractivity contribution is -0.943. The molecule has 0 saturated carbocycles. The first-order chi connectivity index (χ1) is 18.4. The fourth-order valence-electron chi connectivity index (χ4n) is 5.48. The van der Waals surface area contributed by atoms with Crippen LogP contribution >= 0.6 is 0 Å². The molecule has 2 heterocycles. The molecule has 1 unspecified atom stereocenters. The van der Waals surface area contributed by atoms with Crippen molar-refractivity contribution in [1.82, 2.24) is 9.88 Å². The number of hydrogen-bond donors (Lipinski definition) is 1. The third-order valence-electron chi connectivity index (χ3n) is 7.73. The zero-order chi connectivity index (χ0) is 28.4. The van der Waals surface area contributed by atoms with E-state index >= 15 is 0 Å². The Bertz CT molecular complexity index is 1310. The van der Waals surface area contributed by atoms with Gasteiger partial charge in [-0.1, -0.05) is 12.1 Å². The van der Waals surface area contributed by atoms with Crippen molar-refractivity contribution in [2.24, 2.45) is 0 Å². The molecule has 1 aromatic heterocycles. The number of piperazine rings is 1. The first-order valence-corrected chi connectivity index (χ1v) is 13.1. The summed E-state index contributed by atoms with van der Waals surface area (Å²) in [4.78, 5) is 33.4. The van der Waals surface area contributed by atoms with Crippen LogP contribution in [0.2, 0.25) is 0 Å². The number of carbonyl (C=O) groups excluding carboxylic acids is 2. The highest BCUT2D eigenvalue weighted by atomic mass is 19.1. The van der Waals surface area contributed by atoms with E-state index < -0.39 is 11.6 Å². The zero-order valence-corrected chi connectivity index (χ0v) is 23.1. The van der Waals surface area contributed by atoms with Gasteiger partial charge < -0.3 is 20.1 Å². The second-order valence-electron chi connectivity index (χ2n) is 11.2. The van der Waals surface area contributed by atoms with Crippen LogP contribution in [-0.2, 0) is 6.54 Å². The van der Waals surface area contributed by atoms with E-state index in [1.807, 2.05) is 52.0 Å². The van der Waals surface area contributed by atoms with Gasteiger partial charge in [-0.3, -0.25) is 14.2 Å². The third-order valence-corrected chi connectivity index (χ3v) is 7.73. The Hall–Kier alpha value is -3.82. The number of carbonyl (C=O) groups is 2. The van der Waals surface area contributed by atoms with Crippen LogP contribution < -0.4 is 15.3 Å². The van der Waals surface area contributed by atoms with Gasteiger partial charge in [0.1, 0.15) is 17.7 Å². The summed E-state index contributed by atoms with van der Waals surface area (Å²) in [6, 6.07) is 17.1. The van der Waals surface area contributed by atoms with Gasteiger partial charge in [0.15, 0.2) is 0 Å². The lowest BCUT2D eigenvalue weighted by atomic mass is 9.95. The SMILES string of the molecule is C[C@H]1CN(Cc2ccc(N(C)C(=O)c3ccc(Nc4ccc(F)cc4)nc3)cc2)CC[N+]1(C(=O)[O-])C(C)(C)C. The molecule has 8 nitrogen and oxygen atoms in total. The zero-order valence-electron chi connectivity index (χ0n) is 23.1. The van der Waals surface area contributed by atoms with Gasteiger partial charge in [-0.2, -0.15) is 0 Å². The molecule has 206 valence electrons. The van der Waals surface area contributed by atoms with Crippen LogP contribution in [0.5, 0.6) is 0 Å². The number of quaternary nitrogens is 1. The molecule has 2 aromatic carbocycles. The largest absolute Gasteiger partial charge is 0.498 e. The maximum atomic E-state index is 13.1. The Morgan fingerprint density at radius 2 is 1.77 bits per heavy atom. The molecular weight excluding hydrogens is 497 g/mol. The monoisotopic (exact) mass is 533 g/mol. The third kappa shape index (κ3) is 5.94. The van der Waals surface area contributed by atoms with E-state index in [1.165, 1.54) is 18.3 Å². The predicted octanol–water partition coefficient (Wildman–Crippen LogP) is 4.40. The van der Waals surface area contributed by atoms with E-state index in [1.54, 1.807) is 36.2 Å². The first kappa shape index (κ1) is 28.2. The molecule has 1 aliphatic rings. The van der Waals surface area contributed by atoms with Crippen LogP contribution in [0.25, 0.3) is 0 Å². The Morgan fingerprint density at radius 3 is 2.31 bits per heavy atom. The molecule has 0 aliphatic carbocycles. The van der Waals surface area contributed by atoms with E-state index in [0.717, 1.165) is 11.3 Å². The number of rotatable bonds is 6. The molecule has 39 heavy (non-hydrogen) atoms. The van der Waals surface area contributed by atoms with E-state index in [-0.39, 0.29) is 22.2 Å². The fourth-order valence-corrected chi connectivity index (χ4v) is 5.48. The predicted molar refractivity (Wildman–Crippen MR) is 148 cm³/mol. The first-order valence-electron chi connectivity index (χ1n) is 13.1. The van der Waals surface area contributed by atoms with Crippen LogP contribution in [0.3, 0.4) is 0 Å². The molecule has 1 fully saturated rings. The Balaban J connectivity index is 1.36. The maximum absolute atomic E-state index is 13.1. The van der Waals surface area contributed by atoms with Gasteiger partial charge in [-0.05, 0) is 81.8 Å². The Labute approximate surface area is 229 Å². The summed E-state index contributed by atoms with van der Waals surface area (Å²) in [7, 11) is 1.72. The van der Waals surface area contributed by atoms with E-state index in [2.05, 4.69) is 15.2 Å². The number of amides is 2. The van der Waals surface area contributed by atoms with Crippen LogP contribution in [0.15, 0.2) is 66.9 Å². The highest BCUT2D eigenvalue weighted by Crippen LogP contribution is 2.32. The van der Waals surface area contributed by atoms with Crippen LogP contribution in [-0.4, -0.2) is 64.6 Å². The van der Waals surface area contributed by atoms with Gasteiger partial charge in [0.05, 0.1) is 24.2 Å². The standard InChI is InChI=1S/C30H36FN5O3/c1-21-19-35(16-17-36(21,29(38)39)30(2,3)4)20-22-6-13-26(14-7-22)34(5)28(37)23-8-15-27(32-18-23)33-25-11-9-24(31)10-12-25/h6-15,18,21H,16-17,19-20H2,1-5H3,(H-,32,33,37,38,39)/t21-,36?/m0/s1. The molecule has 0 spiro atoms. The number of anilines is 3. The van der Waals surface area contributed by atoms with E-state index in [9.17, 15) is 19.1 Å². The number of carboxylic acid groups (broad SMARTS) is 1. The molecule has 1 aliphatic heterocycles. The van der Waals surface area contributed by atoms with Gasteiger partial charge in [0.25, 0.3) is 12.0 Å². The lowest BCUT2D eigenvalue weighted by Crippen LogP contribution is -2.76. The molecule has 2 atom stereocenters. The minimum absolute atomic E-state index is 0.0481. The Kier molecular flexibility index (Phi) is 8.04. The quantitative estimate of drug-likeness (QED) is 0.473. The van der Waals surface area contributed by atoms with Gasteiger partial charge in [0, 0.05) is 37.7 Å². The number of hydrogen-bond acceptors (Lipinski definition) is 6. The summed E-state index contributed by atoms with van der Waals surface area (Å²) in [5, 5.41) is 15.2. The van der Waals surface area contributed by atoms with Crippen molar-refractivity contribution in [3.63, 3.8) is 0 Å². The molecular formula is C30H36FN5O3. The van der Waals surface area contributed by atoms with Gasteiger partial charge in [-0.15, -0.1) is 0 Å². The minimum Gasteiger partial charge on any atom is -0.498 e. The fraction of sp³-hybridized carbons (Fsp3) is 0.367. The van der Waals surface area contributed by atoms with E-state index in [0.29, 0.717) is 43.2 Å². The summed E-state index contributed by atoms with van der Waals surface area (Å²) >= 11 is 0. The van der Waals surface area contributed by atoms with Crippen molar-refractivity contribution in [2.75, 3.05) is 36.9 Å². The van der Waals surface area contributed by atoms with Gasteiger partial charge in [0.2, 0.25) is 0 Å². The summed E-state index contributed by atoms with van der Waals surface area (Å²) in [6.07, 6.45) is 0.500. The molecule has 9 heteroatoms. The van der Waals surface area contributed by atoms with Crippen LogP contribution in [0.1, 0.15) is 43.6 Å². The van der Waals surface area contributed by atoms with Crippen molar-refractivity contribution in [2.45, 2.75) is 45.8 Å². The number of pyridine rings is 1. The average molecular weight is 534 g/mol. The molecule has 0 radical (unpaired) electrons. The van der Waals surface area contributed by atoms with Crippen LogP contribution in [0, 0.1) is 5.82 Å². The number of nitrogens with one attached hydrogen (secondary N) is 1. The molecule has 0 bridgehead atoms. The molecule has 2 amide bonds. The van der Waals surface area contributed by atoms with Crippen molar-refractivity contribution < 1.29 is 23.6 Å². The summed E-state index contributed by atoms with van der Waals surface area (Å²) in [5.74, 6) is 0.0500. The van der Waals surface area contributed by atoms with E-state index in [4.69, 9.17) is 0 Å². The van der Waals surface area contributed by atoms with Gasteiger partial charge >= 0.3 is 0 Å². The number of aromatic nitrogens is 1. The number of benzene rings is 2. The molecule has 1 N–H and O–H groups in total. The molecule has 4 rings (SSSR count). The van der Waals surface area contributed by atoms with Gasteiger partial charge in [-0.25, -0.2) is 9.37 Å². The van der Waals surface area contributed by atoms with Crippen molar-refractivity contribution in [3.05, 3.63) is 83.8 Å².